The highest BCUT2D eigenvalue weighted by Crippen LogP contribution is 2.08. The average molecular weight is 256 g/mol. The average Bonchev–Trinajstić information content (AvgIpc) is 3.05. The summed E-state index contributed by atoms with van der Waals surface area (Å²) in [6.07, 6.45) is 2.19. The van der Waals surface area contributed by atoms with Gasteiger partial charge in [-0.1, -0.05) is 6.58 Å². The van der Waals surface area contributed by atoms with E-state index in [1.807, 2.05) is 5.55 Å². The van der Waals surface area contributed by atoms with Gasteiger partial charge in [-0.2, -0.15) is 0 Å². The summed E-state index contributed by atoms with van der Waals surface area (Å²) in [4.78, 5) is 17.9. The summed E-state index contributed by atoms with van der Waals surface area (Å²) in [6.45, 7) is 6.64. The van der Waals surface area contributed by atoms with Crippen LogP contribution in [-0.2, 0) is 14.3 Å². The summed E-state index contributed by atoms with van der Waals surface area (Å²) in [6, 6.07) is 0. The number of thioether (sulfide) groups is 1. The van der Waals surface area contributed by atoms with Crippen LogP contribution in [0, 0.1) is 0 Å². The molecule has 0 atom stereocenters. The summed E-state index contributed by atoms with van der Waals surface area (Å²) >= 11 is 1.78. The Hall–Kier alpha value is -1.30. The number of carbonyl (C=O) groups excluding carboxylic acids is 1. The molecule has 0 unspecified atom stereocenters. The zero-order chi connectivity index (χ0) is 12.3. The highest BCUT2D eigenvalue weighted by molar-refractivity contribution is 8.12. The quantitative estimate of drug-likeness (QED) is 0.484. The monoisotopic (exact) mass is 256 g/mol. The summed E-state index contributed by atoms with van der Waals surface area (Å²) in [7, 11) is 0. The third kappa shape index (κ3) is 6.78. The molecule has 5 nitrogen and oxygen atoms in total. The maximum atomic E-state index is 10.3. The number of esters is 1. The first-order valence-corrected chi connectivity index (χ1v) is 6.40. The van der Waals surface area contributed by atoms with E-state index in [0.717, 1.165) is 19.7 Å². The molecule has 0 N–H and O–H groups in total. The predicted octanol–water partition coefficient (Wildman–Crippen LogP) is 1.30. The molecule has 3 rings (SSSR count). The third-order valence-electron chi connectivity index (χ3n) is 1.90. The maximum Gasteiger partial charge on any atom is 0.333 e. The molecule has 0 radical (unpaired) electrons. The van der Waals surface area contributed by atoms with Crippen molar-refractivity contribution in [2.45, 2.75) is 6.42 Å². The Bertz CT molecular complexity index is 274. The molecule has 17 heavy (non-hydrogen) atoms. The van der Waals surface area contributed by atoms with Gasteiger partial charge in [-0.25, -0.2) is 4.79 Å². The number of hydrogen-bond donors (Lipinski definition) is 0. The van der Waals surface area contributed by atoms with Crippen LogP contribution < -0.4 is 0 Å². The van der Waals surface area contributed by atoms with Crippen molar-refractivity contribution < 1.29 is 14.3 Å². The standard InChI is InChI=1S/C5H6O2.C3H5NO.C3H5NS/c1-4-2-3-7-5(4)6;2*1-2-5-3-4-1/h1-3H2;2*3H,1-2H2. The Labute approximate surface area is 105 Å². The molecule has 0 spiro atoms. The molecule has 0 amide bonds. The highest BCUT2D eigenvalue weighted by atomic mass is 32.2. The summed E-state index contributed by atoms with van der Waals surface area (Å²) in [5.74, 6) is 0.958. The van der Waals surface area contributed by atoms with E-state index in [1.165, 1.54) is 12.2 Å². The van der Waals surface area contributed by atoms with Gasteiger partial charge >= 0.3 is 5.97 Å². The van der Waals surface area contributed by atoms with Crippen LogP contribution >= 0.6 is 11.8 Å². The number of aliphatic imine (C=N–C) groups is 2. The lowest BCUT2D eigenvalue weighted by molar-refractivity contribution is -0.135. The minimum absolute atomic E-state index is 0.236. The van der Waals surface area contributed by atoms with Crippen LogP contribution in [0.15, 0.2) is 22.1 Å². The number of nitrogens with zero attached hydrogens (tertiary/aromatic N) is 2. The van der Waals surface area contributed by atoms with Crippen molar-refractivity contribution in [3.8, 4) is 0 Å². The molecule has 0 aliphatic carbocycles. The molecule has 0 saturated carbocycles. The second-order valence-electron chi connectivity index (χ2n) is 3.25. The molecular formula is C11H16N2O3S. The number of cyclic esters (lactones) is 1. The zero-order valence-electron chi connectivity index (χ0n) is 9.63. The Morgan fingerprint density at radius 2 is 2.18 bits per heavy atom. The molecule has 3 aliphatic rings. The molecule has 1 saturated heterocycles. The Kier molecular flexibility index (Phi) is 7.13. The van der Waals surface area contributed by atoms with Crippen LogP contribution in [0.25, 0.3) is 0 Å². The molecule has 94 valence electrons. The van der Waals surface area contributed by atoms with Gasteiger partial charge in [-0.05, 0) is 0 Å². The van der Waals surface area contributed by atoms with Crippen molar-refractivity contribution in [2.24, 2.45) is 9.98 Å². The minimum atomic E-state index is -0.236. The largest absolute Gasteiger partial charge is 0.482 e. The van der Waals surface area contributed by atoms with Crippen LogP contribution in [0.2, 0.25) is 0 Å². The first-order chi connectivity index (χ1) is 8.30. The lowest BCUT2D eigenvalue weighted by atomic mass is 10.3. The van der Waals surface area contributed by atoms with Crippen LogP contribution in [0.4, 0.5) is 0 Å². The van der Waals surface area contributed by atoms with E-state index in [0.29, 0.717) is 18.6 Å². The first-order valence-electron chi connectivity index (χ1n) is 5.35. The van der Waals surface area contributed by atoms with Gasteiger partial charge in [-0.15, -0.1) is 11.8 Å². The van der Waals surface area contributed by atoms with E-state index in [4.69, 9.17) is 0 Å². The van der Waals surface area contributed by atoms with Crippen LogP contribution in [-0.4, -0.2) is 50.0 Å². The molecule has 3 heterocycles. The molecule has 3 aliphatic heterocycles. The van der Waals surface area contributed by atoms with Crippen LogP contribution in [0.3, 0.4) is 0 Å². The van der Waals surface area contributed by atoms with Gasteiger partial charge in [0.25, 0.3) is 0 Å². The van der Waals surface area contributed by atoms with E-state index in [1.54, 1.807) is 11.8 Å². The molecule has 0 aromatic carbocycles. The third-order valence-corrected chi connectivity index (χ3v) is 2.62. The van der Waals surface area contributed by atoms with Gasteiger partial charge < -0.3 is 9.47 Å². The van der Waals surface area contributed by atoms with Crippen LogP contribution in [0.1, 0.15) is 6.42 Å². The second kappa shape index (κ2) is 8.81. The van der Waals surface area contributed by atoms with Crippen molar-refractivity contribution >= 4 is 29.7 Å². The number of ether oxygens (including phenoxy) is 2. The normalized spacial score (nSPS) is 20.0. The molecule has 6 heteroatoms. The highest BCUT2D eigenvalue weighted by Gasteiger charge is 2.14. The van der Waals surface area contributed by atoms with Crippen LogP contribution in [0.5, 0.6) is 0 Å². The smallest absolute Gasteiger partial charge is 0.333 e. The lowest BCUT2D eigenvalue weighted by Gasteiger charge is -1.82. The van der Waals surface area contributed by atoms with Crippen molar-refractivity contribution in [3.05, 3.63) is 12.2 Å². The van der Waals surface area contributed by atoms with Crippen molar-refractivity contribution in [2.75, 3.05) is 32.1 Å². The fourth-order valence-electron chi connectivity index (χ4n) is 0.998. The van der Waals surface area contributed by atoms with Gasteiger partial charge in [0.05, 0.1) is 18.7 Å². The van der Waals surface area contributed by atoms with E-state index >= 15 is 0 Å². The molecule has 0 aromatic heterocycles. The van der Waals surface area contributed by atoms with Gasteiger partial charge in [0.15, 0.2) is 6.40 Å². The Morgan fingerprint density at radius 3 is 2.35 bits per heavy atom. The SMILES string of the molecule is C1=NCCO1.C1=NCCS1.C=C1CCOC1=O. The van der Waals surface area contributed by atoms with E-state index in [9.17, 15) is 4.79 Å². The maximum absolute atomic E-state index is 10.3. The summed E-state index contributed by atoms with van der Waals surface area (Å²) in [5.41, 5.74) is 2.50. The summed E-state index contributed by atoms with van der Waals surface area (Å²) < 4.78 is 9.18. The minimum Gasteiger partial charge on any atom is -0.482 e. The van der Waals surface area contributed by atoms with E-state index in [2.05, 4.69) is 26.0 Å². The number of hydrogen-bond acceptors (Lipinski definition) is 6. The van der Waals surface area contributed by atoms with Crippen molar-refractivity contribution in [1.82, 2.24) is 0 Å². The molecule has 1 fully saturated rings. The summed E-state index contributed by atoms with van der Waals surface area (Å²) in [5, 5.41) is 0. The number of carbonyl (C=O) groups is 1. The Morgan fingerprint density at radius 1 is 1.29 bits per heavy atom. The Balaban J connectivity index is 0.000000130. The first kappa shape index (κ1) is 13.8. The van der Waals surface area contributed by atoms with E-state index < -0.39 is 0 Å². The predicted molar refractivity (Wildman–Crippen MR) is 69.8 cm³/mol. The van der Waals surface area contributed by atoms with Crippen molar-refractivity contribution in [1.29, 1.82) is 0 Å². The molecule has 0 bridgehead atoms. The molecule has 0 aromatic rings. The van der Waals surface area contributed by atoms with Gasteiger partial charge in [0.1, 0.15) is 6.61 Å². The van der Waals surface area contributed by atoms with Gasteiger partial charge in [0, 0.05) is 24.3 Å². The zero-order valence-corrected chi connectivity index (χ0v) is 10.4. The second-order valence-corrected chi connectivity index (χ2v) is 4.21. The topological polar surface area (TPSA) is 60.3 Å². The van der Waals surface area contributed by atoms with Gasteiger partial charge in [-0.3, -0.25) is 9.98 Å². The van der Waals surface area contributed by atoms with Crippen molar-refractivity contribution in [3.63, 3.8) is 0 Å². The van der Waals surface area contributed by atoms with E-state index in [-0.39, 0.29) is 5.97 Å². The molecular weight excluding hydrogens is 240 g/mol. The fourth-order valence-corrected chi connectivity index (χ4v) is 1.53. The number of rotatable bonds is 0. The van der Waals surface area contributed by atoms with Gasteiger partial charge in [0.2, 0.25) is 0 Å². The lowest BCUT2D eigenvalue weighted by Crippen LogP contribution is -1.91. The fraction of sp³-hybridized carbons (Fsp3) is 0.545.